The molecule has 0 aromatic heterocycles. The van der Waals surface area contributed by atoms with Crippen molar-refractivity contribution in [1.82, 2.24) is 0 Å². The van der Waals surface area contributed by atoms with Crippen molar-refractivity contribution in [1.29, 1.82) is 0 Å². The molecule has 0 heterocycles. The second-order valence-corrected chi connectivity index (χ2v) is 3.57. The summed E-state index contributed by atoms with van der Waals surface area (Å²) >= 11 is 3.32. The first-order valence-corrected chi connectivity index (χ1v) is 5.32. The fraction of sp³-hybridized carbons (Fsp3) is 0.455. The molecule has 0 fully saturated rings. The summed E-state index contributed by atoms with van der Waals surface area (Å²) in [4.78, 5) is 0. The van der Waals surface area contributed by atoms with Gasteiger partial charge in [0, 0.05) is 18.2 Å². The summed E-state index contributed by atoms with van der Waals surface area (Å²) in [5, 5.41) is 0. The molecular formula is C11H17BrO2. The molecule has 1 rings (SSSR count). The predicted molar refractivity (Wildman–Crippen MR) is 62.9 cm³/mol. The van der Waals surface area contributed by atoms with E-state index in [9.17, 15) is 0 Å². The maximum absolute atomic E-state index is 4.95. The van der Waals surface area contributed by atoms with Gasteiger partial charge in [0.2, 0.25) is 0 Å². The molecular weight excluding hydrogens is 244 g/mol. The predicted octanol–water partition coefficient (Wildman–Crippen LogP) is 3.50. The Morgan fingerprint density at radius 1 is 1.14 bits per heavy atom. The molecule has 0 aliphatic rings. The maximum atomic E-state index is 4.95. The van der Waals surface area contributed by atoms with Gasteiger partial charge < -0.3 is 9.47 Å². The molecule has 0 amide bonds. The number of hydrogen-bond donors (Lipinski definition) is 0. The number of rotatable bonds is 3. The normalized spacial score (nSPS) is 8.86. The minimum absolute atomic E-state index is 0.887. The molecule has 0 unspecified atom stereocenters. The molecule has 14 heavy (non-hydrogen) atoms. The highest BCUT2D eigenvalue weighted by Gasteiger charge is 1.86. The molecule has 0 aliphatic carbocycles. The van der Waals surface area contributed by atoms with Gasteiger partial charge in [-0.3, -0.25) is 0 Å². The number of halogens is 1. The molecule has 1 aromatic carbocycles. The van der Waals surface area contributed by atoms with Crippen LogP contribution in [-0.2, 0) is 4.74 Å². The van der Waals surface area contributed by atoms with Crippen molar-refractivity contribution in [3.05, 3.63) is 28.7 Å². The number of ether oxygens (including phenoxy) is 2. The first-order valence-electron chi connectivity index (χ1n) is 4.53. The van der Waals surface area contributed by atoms with E-state index in [0.29, 0.717) is 0 Å². The van der Waals surface area contributed by atoms with Gasteiger partial charge in [0.05, 0.1) is 7.11 Å². The lowest BCUT2D eigenvalue weighted by atomic mass is 10.3. The largest absolute Gasteiger partial charge is 0.497 e. The zero-order valence-electron chi connectivity index (χ0n) is 8.92. The quantitative estimate of drug-likeness (QED) is 0.829. The van der Waals surface area contributed by atoms with Crippen LogP contribution < -0.4 is 4.74 Å². The Balaban J connectivity index is 0.000000292. The zero-order chi connectivity index (χ0) is 10.8. The molecule has 3 heteroatoms. The van der Waals surface area contributed by atoms with Crippen LogP contribution in [0.15, 0.2) is 28.7 Å². The van der Waals surface area contributed by atoms with Gasteiger partial charge in [-0.15, -0.1) is 0 Å². The van der Waals surface area contributed by atoms with Gasteiger partial charge in [0.1, 0.15) is 5.75 Å². The van der Waals surface area contributed by atoms with Gasteiger partial charge in [-0.05, 0) is 30.7 Å². The third-order valence-corrected chi connectivity index (χ3v) is 1.99. The van der Waals surface area contributed by atoms with E-state index < -0.39 is 0 Å². The van der Waals surface area contributed by atoms with Crippen molar-refractivity contribution in [2.45, 2.75) is 13.3 Å². The van der Waals surface area contributed by atoms with Crippen LogP contribution in [0.3, 0.4) is 0 Å². The lowest BCUT2D eigenvalue weighted by Crippen LogP contribution is -1.80. The van der Waals surface area contributed by atoms with Crippen molar-refractivity contribution in [3.8, 4) is 5.75 Å². The summed E-state index contributed by atoms with van der Waals surface area (Å²) in [6, 6.07) is 7.70. The van der Waals surface area contributed by atoms with Crippen molar-refractivity contribution >= 4 is 15.9 Å². The molecule has 0 N–H and O–H groups in total. The topological polar surface area (TPSA) is 18.5 Å². The standard InChI is InChI=1S/C7H7BrO.C4H10O/c1-9-7-4-2-6(8)3-5-7;1-3-4-5-2/h2-5H,1H3;3-4H2,1-2H3. The van der Waals surface area contributed by atoms with Crippen LogP contribution in [0.25, 0.3) is 0 Å². The van der Waals surface area contributed by atoms with E-state index in [1.54, 1.807) is 14.2 Å². The van der Waals surface area contributed by atoms with Gasteiger partial charge in [0.25, 0.3) is 0 Å². The van der Waals surface area contributed by atoms with E-state index in [4.69, 9.17) is 9.47 Å². The second-order valence-electron chi connectivity index (χ2n) is 2.65. The third-order valence-electron chi connectivity index (χ3n) is 1.46. The Bertz CT molecular complexity index is 219. The van der Waals surface area contributed by atoms with E-state index in [2.05, 4.69) is 22.9 Å². The van der Waals surface area contributed by atoms with E-state index in [1.807, 2.05) is 24.3 Å². The Morgan fingerprint density at radius 3 is 2.00 bits per heavy atom. The van der Waals surface area contributed by atoms with E-state index in [-0.39, 0.29) is 0 Å². The zero-order valence-corrected chi connectivity index (χ0v) is 10.5. The van der Waals surface area contributed by atoms with Crippen LogP contribution in [0, 0.1) is 0 Å². The molecule has 0 aliphatic heterocycles. The summed E-state index contributed by atoms with van der Waals surface area (Å²) < 4.78 is 10.7. The van der Waals surface area contributed by atoms with Crippen molar-refractivity contribution in [3.63, 3.8) is 0 Å². The Morgan fingerprint density at radius 2 is 1.71 bits per heavy atom. The molecule has 0 spiro atoms. The number of methoxy groups -OCH3 is 2. The lowest BCUT2D eigenvalue weighted by Gasteiger charge is -1.96. The number of hydrogen-bond acceptors (Lipinski definition) is 2. The van der Waals surface area contributed by atoms with Crippen LogP contribution in [-0.4, -0.2) is 20.8 Å². The molecule has 1 aromatic rings. The average molecular weight is 261 g/mol. The molecule has 0 saturated carbocycles. The minimum atomic E-state index is 0.887. The van der Waals surface area contributed by atoms with Gasteiger partial charge >= 0.3 is 0 Å². The summed E-state index contributed by atoms with van der Waals surface area (Å²) in [6.45, 7) is 2.98. The molecule has 0 atom stereocenters. The fourth-order valence-electron chi connectivity index (χ4n) is 0.775. The van der Waals surface area contributed by atoms with Crippen LogP contribution in [0.2, 0.25) is 0 Å². The van der Waals surface area contributed by atoms with Crippen LogP contribution in [0.5, 0.6) is 5.75 Å². The molecule has 0 saturated heterocycles. The van der Waals surface area contributed by atoms with Crippen molar-refractivity contribution in [2.24, 2.45) is 0 Å². The van der Waals surface area contributed by atoms with E-state index >= 15 is 0 Å². The maximum Gasteiger partial charge on any atom is 0.118 e. The number of benzene rings is 1. The van der Waals surface area contributed by atoms with Gasteiger partial charge in [-0.2, -0.15) is 0 Å². The summed E-state index contributed by atoms with van der Waals surface area (Å²) in [6.07, 6.45) is 1.12. The van der Waals surface area contributed by atoms with Gasteiger partial charge in [-0.1, -0.05) is 22.9 Å². The Kier molecular flexibility index (Phi) is 8.68. The highest BCUT2D eigenvalue weighted by atomic mass is 79.9. The molecule has 0 radical (unpaired) electrons. The van der Waals surface area contributed by atoms with Crippen LogP contribution >= 0.6 is 15.9 Å². The lowest BCUT2D eigenvalue weighted by molar-refractivity contribution is 0.199. The fourth-order valence-corrected chi connectivity index (χ4v) is 1.04. The van der Waals surface area contributed by atoms with Crippen molar-refractivity contribution < 1.29 is 9.47 Å². The minimum Gasteiger partial charge on any atom is -0.497 e. The average Bonchev–Trinajstić information content (AvgIpc) is 2.21. The van der Waals surface area contributed by atoms with Crippen LogP contribution in [0.4, 0.5) is 0 Å². The van der Waals surface area contributed by atoms with Crippen LogP contribution in [0.1, 0.15) is 13.3 Å². The summed E-state index contributed by atoms with van der Waals surface area (Å²) in [5.74, 6) is 0.887. The van der Waals surface area contributed by atoms with Gasteiger partial charge in [-0.25, -0.2) is 0 Å². The first kappa shape index (κ1) is 13.5. The Hall–Kier alpha value is -0.540. The summed E-state index contributed by atoms with van der Waals surface area (Å²) in [5.41, 5.74) is 0. The first-order chi connectivity index (χ1) is 6.74. The smallest absolute Gasteiger partial charge is 0.118 e. The molecule has 0 bridgehead atoms. The second kappa shape index (κ2) is 9.03. The monoisotopic (exact) mass is 260 g/mol. The van der Waals surface area contributed by atoms with E-state index in [0.717, 1.165) is 23.2 Å². The highest BCUT2D eigenvalue weighted by molar-refractivity contribution is 9.10. The summed E-state index contributed by atoms with van der Waals surface area (Å²) in [7, 11) is 3.37. The third kappa shape index (κ3) is 6.92. The van der Waals surface area contributed by atoms with Crippen molar-refractivity contribution in [2.75, 3.05) is 20.8 Å². The molecule has 2 nitrogen and oxygen atoms in total. The Labute approximate surface area is 94.4 Å². The van der Waals surface area contributed by atoms with Gasteiger partial charge in [0.15, 0.2) is 0 Å². The van der Waals surface area contributed by atoms with E-state index in [1.165, 1.54) is 0 Å². The highest BCUT2D eigenvalue weighted by Crippen LogP contribution is 2.14. The molecule has 80 valence electrons. The SMILES string of the molecule is CCCOC.COc1ccc(Br)cc1.